The summed E-state index contributed by atoms with van der Waals surface area (Å²) in [5.41, 5.74) is 0. The Bertz CT molecular complexity index is 456. The third-order valence-electron chi connectivity index (χ3n) is 4.03. The van der Waals surface area contributed by atoms with Crippen LogP contribution < -0.4 is 15.5 Å². The lowest BCUT2D eigenvalue weighted by Crippen LogP contribution is -2.49. The van der Waals surface area contributed by atoms with Crippen molar-refractivity contribution in [3.63, 3.8) is 0 Å². The molecule has 124 valence electrons. The predicted octanol–water partition coefficient (Wildman–Crippen LogP) is 1.01. The zero-order chi connectivity index (χ0) is 13.8. The van der Waals surface area contributed by atoms with Crippen LogP contribution in [0.25, 0.3) is 0 Å². The van der Waals surface area contributed by atoms with Crippen LogP contribution in [0.3, 0.4) is 0 Å². The maximum absolute atomic E-state index is 12.2. The second-order valence-corrected chi connectivity index (χ2v) is 5.53. The molecule has 0 aromatic carbocycles. The molecule has 0 spiro atoms. The average molecular weight is 348 g/mol. The first-order valence-electron chi connectivity index (χ1n) is 7.36. The van der Waals surface area contributed by atoms with Crippen molar-refractivity contribution in [3.8, 4) is 0 Å². The number of piperidine rings is 1. The minimum Gasteiger partial charge on any atom is -0.351 e. The van der Waals surface area contributed by atoms with Crippen molar-refractivity contribution in [3.05, 3.63) is 18.5 Å². The number of aromatic nitrogens is 2. The number of nitrogens with zero attached hydrogens (tertiary/aromatic N) is 3. The molecule has 0 radical (unpaired) electrons. The Kier molecular flexibility index (Phi) is 7.85. The van der Waals surface area contributed by atoms with Gasteiger partial charge in [-0.3, -0.25) is 4.79 Å². The number of hydrogen-bond donors (Lipinski definition) is 2. The molecule has 1 aromatic rings. The maximum Gasteiger partial charge on any atom is 0.225 e. The van der Waals surface area contributed by atoms with Gasteiger partial charge in [0.2, 0.25) is 11.9 Å². The van der Waals surface area contributed by atoms with Crippen molar-refractivity contribution < 1.29 is 4.79 Å². The normalized spacial score (nSPS) is 24.1. The fourth-order valence-corrected chi connectivity index (χ4v) is 2.93. The minimum atomic E-state index is 0. The molecule has 2 atom stereocenters. The Balaban J connectivity index is 0.00000121. The van der Waals surface area contributed by atoms with Gasteiger partial charge in [0, 0.05) is 38.1 Å². The van der Waals surface area contributed by atoms with Gasteiger partial charge in [0.15, 0.2) is 0 Å². The Morgan fingerprint density at radius 3 is 2.73 bits per heavy atom. The highest BCUT2D eigenvalue weighted by molar-refractivity contribution is 5.85. The van der Waals surface area contributed by atoms with E-state index in [1.54, 1.807) is 12.4 Å². The number of halogens is 2. The first kappa shape index (κ1) is 18.9. The molecule has 1 amide bonds. The number of hydrogen-bond acceptors (Lipinski definition) is 5. The minimum absolute atomic E-state index is 0. The summed E-state index contributed by atoms with van der Waals surface area (Å²) in [6.45, 7) is 3.52. The summed E-state index contributed by atoms with van der Waals surface area (Å²) in [4.78, 5) is 22.9. The van der Waals surface area contributed by atoms with Crippen LogP contribution >= 0.6 is 24.8 Å². The number of amides is 1. The quantitative estimate of drug-likeness (QED) is 0.853. The Morgan fingerprint density at radius 1 is 1.27 bits per heavy atom. The monoisotopic (exact) mass is 347 g/mol. The molecule has 2 aliphatic heterocycles. The summed E-state index contributed by atoms with van der Waals surface area (Å²) in [5.74, 6) is 1.09. The second kappa shape index (κ2) is 9.12. The molecular formula is C14H23Cl2N5O. The second-order valence-electron chi connectivity index (χ2n) is 5.53. The van der Waals surface area contributed by atoms with Crippen LogP contribution in [0.5, 0.6) is 0 Å². The Hall–Kier alpha value is -1.11. The van der Waals surface area contributed by atoms with Crippen molar-refractivity contribution in [2.24, 2.45) is 5.92 Å². The summed E-state index contributed by atoms with van der Waals surface area (Å²) >= 11 is 0. The van der Waals surface area contributed by atoms with Gasteiger partial charge in [-0.2, -0.15) is 0 Å². The summed E-state index contributed by atoms with van der Waals surface area (Å²) in [5, 5.41) is 6.42. The van der Waals surface area contributed by atoms with Crippen LogP contribution in [0, 0.1) is 5.92 Å². The van der Waals surface area contributed by atoms with Crippen molar-refractivity contribution in [1.82, 2.24) is 20.6 Å². The number of rotatable bonds is 3. The van der Waals surface area contributed by atoms with Gasteiger partial charge in [0.25, 0.3) is 0 Å². The van der Waals surface area contributed by atoms with Crippen LogP contribution in [-0.4, -0.2) is 48.1 Å². The lowest BCUT2D eigenvalue weighted by molar-refractivity contribution is -0.125. The molecule has 1 aromatic heterocycles. The van der Waals surface area contributed by atoms with Crippen LogP contribution in [0.15, 0.2) is 18.5 Å². The topological polar surface area (TPSA) is 70.2 Å². The van der Waals surface area contributed by atoms with Crippen LogP contribution in [0.2, 0.25) is 0 Å². The number of carbonyl (C=O) groups excluding carboxylic acids is 1. The van der Waals surface area contributed by atoms with Crippen molar-refractivity contribution in [1.29, 1.82) is 0 Å². The SMILES string of the molecule is Cl.Cl.O=C(NC1CCCN(c2ncccn2)C1)C1CCNC1. The van der Waals surface area contributed by atoms with E-state index in [0.717, 1.165) is 51.4 Å². The highest BCUT2D eigenvalue weighted by atomic mass is 35.5. The summed E-state index contributed by atoms with van der Waals surface area (Å²) in [6, 6.07) is 2.03. The first-order valence-corrected chi connectivity index (χ1v) is 7.36. The molecule has 2 N–H and O–H groups in total. The lowest BCUT2D eigenvalue weighted by atomic mass is 10.0. The van der Waals surface area contributed by atoms with Crippen LogP contribution in [0.1, 0.15) is 19.3 Å². The molecule has 0 saturated carbocycles. The number of anilines is 1. The highest BCUT2D eigenvalue weighted by Gasteiger charge is 2.27. The molecule has 2 aliphatic rings. The fraction of sp³-hybridized carbons (Fsp3) is 0.643. The molecule has 2 fully saturated rings. The largest absolute Gasteiger partial charge is 0.351 e. The molecule has 0 bridgehead atoms. The van der Waals surface area contributed by atoms with E-state index < -0.39 is 0 Å². The lowest BCUT2D eigenvalue weighted by Gasteiger charge is -2.33. The van der Waals surface area contributed by atoms with Gasteiger partial charge >= 0.3 is 0 Å². The third-order valence-corrected chi connectivity index (χ3v) is 4.03. The van der Waals surface area contributed by atoms with Gasteiger partial charge in [-0.25, -0.2) is 9.97 Å². The molecule has 2 saturated heterocycles. The summed E-state index contributed by atoms with van der Waals surface area (Å²) in [6.07, 6.45) is 6.56. The van der Waals surface area contributed by atoms with E-state index in [-0.39, 0.29) is 42.7 Å². The van der Waals surface area contributed by atoms with E-state index >= 15 is 0 Å². The molecule has 8 heteroatoms. The number of nitrogens with one attached hydrogen (secondary N) is 2. The molecule has 22 heavy (non-hydrogen) atoms. The standard InChI is InChI=1S/C14H21N5O.2ClH/c20-13(11-4-7-15-9-11)18-12-3-1-8-19(10-12)14-16-5-2-6-17-14;;/h2,5-6,11-12,15H,1,3-4,7-10H2,(H,18,20);2*1H. The Morgan fingerprint density at radius 2 is 2.05 bits per heavy atom. The zero-order valence-electron chi connectivity index (χ0n) is 12.4. The van der Waals surface area contributed by atoms with E-state index in [0.29, 0.717) is 0 Å². The fourth-order valence-electron chi connectivity index (χ4n) is 2.93. The van der Waals surface area contributed by atoms with Gasteiger partial charge in [-0.05, 0) is 31.9 Å². The van der Waals surface area contributed by atoms with E-state index in [2.05, 4.69) is 25.5 Å². The van der Waals surface area contributed by atoms with Gasteiger partial charge in [-0.15, -0.1) is 24.8 Å². The first-order chi connectivity index (χ1) is 9.83. The predicted molar refractivity (Wildman–Crippen MR) is 90.9 cm³/mol. The molecule has 3 rings (SSSR count). The average Bonchev–Trinajstić information content (AvgIpc) is 3.03. The van der Waals surface area contributed by atoms with Crippen LogP contribution in [-0.2, 0) is 4.79 Å². The van der Waals surface area contributed by atoms with Gasteiger partial charge in [-0.1, -0.05) is 0 Å². The van der Waals surface area contributed by atoms with Crippen molar-refractivity contribution in [2.75, 3.05) is 31.1 Å². The molecule has 3 heterocycles. The van der Waals surface area contributed by atoms with E-state index in [9.17, 15) is 4.79 Å². The highest BCUT2D eigenvalue weighted by Crippen LogP contribution is 2.16. The van der Waals surface area contributed by atoms with Crippen molar-refractivity contribution >= 4 is 36.7 Å². The molecule has 6 nitrogen and oxygen atoms in total. The Labute approximate surface area is 143 Å². The van der Waals surface area contributed by atoms with Crippen LogP contribution in [0.4, 0.5) is 5.95 Å². The maximum atomic E-state index is 12.2. The third kappa shape index (κ3) is 4.69. The van der Waals surface area contributed by atoms with Gasteiger partial charge in [0.05, 0.1) is 5.92 Å². The van der Waals surface area contributed by atoms with E-state index in [1.165, 1.54) is 0 Å². The molecule has 2 unspecified atom stereocenters. The smallest absolute Gasteiger partial charge is 0.225 e. The zero-order valence-corrected chi connectivity index (χ0v) is 14.0. The van der Waals surface area contributed by atoms with E-state index in [4.69, 9.17) is 0 Å². The van der Waals surface area contributed by atoms with Gasteiger partial charge < -0.3 is 15.5 Å². The van der Waals surface area contributed by atoms with Gasteiger partial charge in [0.1, 0.15) is 0 Å². The summed E-state index contributed by atoms with van der Waals surface area (Å²) < 4.78 is 0. The molecule has 0 aliphatic carbocycles. The van der Waals surface area contributed by atoms with Crippen molar-refractivity contribution in [2.45, 2.75) is 25.3 Å². The number of carbonyl (C=O) groups is 1. The molecular weight excluding hydrogens is 325 g/mol. The van der Waals surface area contributed by atoms with E-state index in [1.807, 2.05) is 6.07 Å². The summed E-state index contributed by atoms with van der Waals surface area (Å²) in [7, 11) is 0.